The van der Waals surface area contributed by atoms with E-state index in [2.05, 4.69) is 15.9 Å². The van der Waals surface area contributed by atoms with Crippen molar-refractivity contribution in [3.8, 4) is 23.4 Å². The van der Waals surface area contributed by atoms with Crippen LogP contribution in [0.1, 0.15) is 5.56 Å². The summed E-state index contributed by atoms with van der Waals surface area (Å²) in [4.78, 5) is 4.72. The first-order valence-corrected chi connectivity index (χ1v) is 8.21. The summed E-state index contributed by atoms with van der Waals surface area (Å²) in [5.41, 5.74) is 3.16. The molecule has 0 atom stereocenters. The Kier molecular flexibility index (Phi) is 4.79. The number of hydrogen-bond acceptors (Lipinski definition) is 4. The SMILES string of the molecule is COC(=C(C#N)C#N)c1ccc2ccc(-c3ccccc3Br)nc2c1. The molecule has 0 saturated heterocycles. The third kappa shape index (κ3) is 3.24. The van der Waals surface area contributed by atoms with Gasteiger partial charge in [-0.3, -0.25) is 0 Å². The minimum atomic E-state index is -0.0659. The summed E-state index contributed by atoms with van der Waals surface area (Å²) in [5, 5.41) is 19.2. The lowest BCUT2D eigenvalue weighted by atomic mass is 10.1. The van der Waals surface area contributed by atoms with Crippen molar-refractivity contribution in [1.82, 2.24) is 4.98 Å². The number of fused-ring (bicyclic) bond motifs is 1. The second-order valence-corrected chi connectivity index (χ2v) is 6.07. The van der Waals surface area contributed by atoms with E-state index in [9.17, 15) is 0 Å². The highest BCUT2D eigenvalue weighted by molar-refractivity contribution is 9.10. The first-order valence-electron chi connectivity index (χ1n) is 7.42. The number of allylic oxidation sites excluding steroid dienone is 1. The lowest BCUT2D eigenvalue weighted by Gasteiger charge is -2.09. The smallest absolute Gasteiger partial charge is 0.172 e. The monoisotopic (exact) mass is 389 g/mol. The molecule has 5 heteroatoms. The van der Waals surface area contributed by atoms with Gasteiger partial charge in [0.25, 0.3) is 0 Å². The van der Waals surface area contributed by atoms with Crippen molar-refractivity contribution in [3.63, 3.8) is 0 Å². The molecule has 0 unspecified atom stereocenters. The standard InChI is InChI=1S/C20H12BrN3O/c1-25-20(15(11-22)12-23)14-7-6-13-8-9-18(24-19(13)10-14)16-4-2-3-5-17(16)21/h2-10H,1H3. The molecule has 0 amide bonds. The second-order valence-electron chi connectivity index (χ2n) is 5.22. The molecule has 0 spiro atoms. The molecule has 0 bridgehead atoms. The number of nitriles is 2. The van der Waals surface area contributed by atoms with E-state index in [0.29, 0.717) is 5.56 Å². The number of aromatic nitrogens is 1. The van der Waals surface area contributed by atoms with E-state index < -0.39 is 0 Å². The van der Waals surface area contributed by atoms with Crippen molar-refractivity contribution in [2.75, 3.05) is 7.11 Å². The van der Waals surface area contributed by atoms with Gasteiger partial charge in [0, 0.05) is 21.0 Å². The highest BCUT2D eigenvalue weighted by atomic mass is 79.9. The van der Waals surface area contributed by atoms with Crippen molar-refractivity contribution in [3.05, 3.63) is 70.2 Å². The highest BCUT2D eigenvalue weighted by Crippen LogP contribution is 2.29. The minimum Gasteiger partial charge on any atom is -0.494 e. The van der Waals surface area contributed by atoms with Crippen molar-refractivity contribution in [2.24, 2.45) is 0 Å². The molecular formula is C20H12BrN3O. The zero-order valence-electron chi connectivity index (χ0n) is 13.3. The van der Waals surface area contributed by atoms with Gasteiger partial charge in [-0.25, -0.2) is 4.98 Å². The molecule has 0 aliphatic carbocycles. The number of methoxy groups -OCH3 is 1. The van der Waals surface area contributed by atoms with E-state index in [1.54, 1.807) is 0 Å². The summed E-state index contributed by atoms with van der Waals surface area (Å²) in [6.07, 6.45) is 0. The van der Waals surface area contributed by atoms with Gasteiger partial charge < -0.3 is 4.74 Å². The molecule has 0 saturated carbocycles. The Hall–Kier alpha value is -3.15. The lowest BCUT2D eigenvalue weighted by molar-refractivity contribution is 0.369. The van der Waals surface area contributed by atoms with Crippen LogP contribution in [0.25, 0.3) is 27.9 Å². The average molecular weight is 390 g/mol. The van der Waals surface area contributed by atoms with Gasteiger partial charge >= 0.3 is 0 Å². The molecule has 0 fully saturated rings. The van der Waals surface area contributed by atoms with Crippen LogP contribution in [-0.2, 0) is 4.74 Å². The maximum Gasteiger partial charge on any atom is 0.172 e. The zero-order chi connectivity index (χ0) is 17.8. The summed E-state index contributed by atoms with van der Waals surface area (Å²) in [5.74, 6) is 0.250. The number of rotatable bonds is 3. The number of halogens is 1. The fourth-order valence-electron chi connectivity index (χ4n) is 2.57. The summed E-state index contributed by atoms with van der Waals surface area (Å²) in [6, 6.07) is 21.1. The van der Waals surface area contributed by atoms with Crippen LogP contribution in [0.3, 0.4) is 0 Å². The minimum absolute atomic E-state index is 0.0659. The van der Waals surface area contributed by atoms with Crippen molar-refractivity contribution in [1.29, 1.82) is 10.5 Å². The molecule has 2 aromatic carbocycles. The Morgan fingerprint density at radius 2 is 1.76 bits per heavy atom. The summed E-state index contributed by atoms with van der Waals surface area (Å²) < 4.78 is 6.23. The van der Waals surface area contributed by atoms with Gasteiger partial charge in [-0.15, -0.1) is 0 Å². The third-order valence-corrected chi connectivity index (χ3v) is 4.45. The van der Waals surface area contributed by atoms with E-state index >= 15 is 0 Å². The van der Waals surface area contributed by atoms with Gasteiger partial charge in [0.1, 0.15) is 12.1 Å². The Morgan fingerprint density at radius 3 is 2.44 bits per heavy atom. The molecule has 0 aliphatic rings. The molecular weight excluding hydrogens is 378 g/mol. The molecule has 4 nitrogen and oxygen atoms in total. The molecule has 1 aromatic heterocycles. The topological polar surface area (TPSA) is 69.7 Å². The van der Waals surface area contributed by atoms with Crippen molar-refractivity contribution in [2.45, 2.75) is 0 Å². The van der Waals surface area contributed by atoms with Crippen LogP contribution in [-0.4, -0.2) is 12.1 Å². The predicted molar refractivity (Wildman–Crippen MR) is 100 cm³/mol. The number of nitrogens with zero attached hydrogens (tertiary/aromatic N) is 3. The van der Waals surface area contributed by atoms with Crippen molar-refractivity contribution >= 4 is 32.6 Å². The van der Waals surface area contributed by atoms with Crippen molar-refractivity contribution < 1.29 is 4.74 Å². The van der Waals surface area contributed by atoms with Crippen LogP contribution in [0.5, 0.6) is 0 Å². The van der Waals surface area contributed by atoms with Gasteiger partial charge in [-0.1, -0.05) is 52.3 Å². The van der Waals surface area contributed by atoms with Crippen LogP contribution >= 0.6 is 15.9 Å². The Morgan fingerprint density at radius 1 is 1.04 bits per heavy atom. The predicted octanol–water partition coefficient (Wildman–Crippen LogP) is 5.07. The maximum atomic E-state index is 9.09. The molecule has 3 aromatic rings. The number of ether oxygens (including phenoxy) is 1. The van der Waals surface area contributed by atoms with E-state index in [1.165, 1.54) is 7.11 Å². The molecule has 3 rings (SSSR count). The Bertz CT molecular complexity index is 1060. The fraction of sp³-hybridized carbons (Fsp3) is 0.0500. The van der Waals surface area contributed by atoms with E-state index in [-0.39, 0.29) is 11.3 Å². The van der Waals surface area contributed by atoms with Crippen LogP contribution < -0.4 is 0 Å². The number of pyridine rings is 1. The first kappa shape index (κ1) is 16.7. The van der Waals surface area contributed by atoms with Gasteiger partial charge in [0.05, 0.1) is 18.3 Å². The number of benzene rings is 2. The summed E-state index contributed by atoms with van der Waals surface area (Å²) in [7, 11) is 1.44. The van der Waals surface area contributed by atoms with E-state index in [1.807, 2.05) is 66.7 Å². The molecule has 1 heterocycles. The highest BCUT2D eigenvalue weighted by Gasteiger charge is 2.11. The molecule has 0 radical (unpaired) electrons. The molecule has 120 valence electrons. The molecule has 0 N–H and O–H groups in total. The summed E-state index contributed by atoms with van der Waals surface area (Å²) >= 11 is 3.54. The quantitative estimate of drug-likeness (QED) is 0.463. The molecule has 25 heavy (non-hydrogen) atoms. The number of hydrogen-bond donors (Lipinski definition) is 0. The fourth-order valence-corrected chi connectivity index (χ4v) is 3.06. The molecule has 0 aliphatic heterocycles. The Balaban J connectivity index is 2.18. The van der Waals surface area contributed by atoms with E-state index in [0.717, 1.165) is 26.6 Å². The van der Waals surface area contributed by atoms with Gasteiger partial charge in [-0.2, -0.15) is 10.5 Å². The van der Waals surface area contributed by atoms with Gasteiger partial charge in [0.2, 0.25) is 0 Å². The summed E-state index contributed by atoms with van der Waals surface area (Å²) in [6.45, 7) is 0. The maximum absolute atomic E-state index is 9.09. The van der Waals surface area contributed by atoms with Gasteiger partial charge in [-0.05, 0) is 18.2 Å². The van der Waals surface area contributed by atoms with Crippen LogP contribution in [0.4, 0.5) is 0 Å². The van der Waals surface area contributed by atoms with Crippen LogP contribution in [0.2, 0.25) is 0 Å². The third-order valence-electron chi connectivity index (χ3n) is 3.76. The van der Waals surface area contributed by atoms with Crippen LogP contribution in [0.15, 0.2) is 64.6 Å². The zero-order valence-corrected chi connectivity index (χ0v) is 14.9. The Labute approximate surface area is 153 Å². The van der Waals surface area contributed by atoms with Crippen LogP contribution in [0, 0.1) is 22.7 Å². The lowest BCUT2D eigenvalue weighted by Crippen LogP contribution is -1.93. The van der Waals surface area contributed by atoms with E-state index in [4.69, 9.17) is 20.2 Å². The second kappa shape index (κ2) is 7.17. The van der Waals surface area contributed by atoms with Gasteiger partial charge in [0.15, 0.2) is 11.3 Å². The average Bonchev–Trinajstić information content (AvgIpc) is 2.65. The normalized spacial score (nSPS) is 9.92. The largest absolute Gasteiger partial charge is 0.494 e. The first-order chi connectivity index (χ1) is 12.2.